The van der Waals surface area contributed by atoms with Crippen molar-refractivity contribution < 1.29 is 23.1 Å². The monoisotopic (exact) mass is 497 g/mol. The van der Waals surface area contributed by atoms with Crippen molar-refractivity contribution >= 4 is 5.97 Å². The molecule has 1 fully saturated rings. The molecule has 0 bridgehead atoms. The van der Waals surface area contributed by atoms with E-state index in [0.29, 0.717) is 26.2 Å². The quantitative estimate of drug-likeness (QED) is 0.476. The van der Waals surface area contributed by atoms with Crippen LogP contribution in [0.15, 0.2) is 73.1 Å². The Morgan fingerprint density at radius 3 is 2.00 bits per heavy atom. The maximum atomic E-state index is 13.3. The Kier molecular flexibility index (Phi) is 7.47. The predicted octanol–water partition coefficient (Wildman–Crippen LogP) is 5.36. The molecule has 0 saturated carbocycles. The Morgan fingerprint density at radius 2 is 1.44 bits per heavy atom. The summed E-state index contributed by atoms with van der Waals surface area (Å²) in [5.41, 5.74) is 2.12. The molecule has 3 aromatic rings. The zero-order valence-electron chi connectivity index (χ0n) is 20.4. The standard InChI is InChI=1S/C28H30F3N3O2/c1-27(2,28(29,30)31)24-9-7-23(8-10-24)22-5-3-20(4-6-22)18-34-16-15-33(19-25(34)26(35)36)17-21-11-13-32-14-12-21/h3-14,25H,15-19H2,1-2H3,(H,35,36)/t25-/m1/s1. The summed E-state index contributed by atoms with van der Waals surface area (Å²) in [5.74, 6) is -0.840. The van der Waals surface area contributed by atoms with Gasteiger partial charge in [0, 0.05) is 45.1 Å². The molecule has 0 spiro atoms. The van der Waals surface area contributed by atoms with Gasteiger partial charge < -0.3 is 5.11 Å². The maximum Gasteiger partial charge on any atom is 0.397 e. The topological polar surface area (TPSA) is 56.7 Å². The molecule has 1 N–H and O–H groups in total. The summed E-state index contributed by atoms with van der Waals surface area (Å²) in [4.78, 5) is 20.2. The van der Waals surface area contributed by atoms with E-state index in [9.17, 15) is 23.1 Å². The molecule has 0 radical (unpaired) electrons. The van der Waals surface area contributed by atoms with E-state index in [1.807, 2.05) is 41.3 Å². The van der Waals surface area contributed by atoms with Gasteiger partial charge in [-0.2, -0.15) is 13.2 Å². The third kappa shape index (κ3) is 5.77. The Labute approximate surface area is 209 Å². The third-order valence-corrected chi connectivity index (χ3v) is 7.00. The van der Waals surface area contributed by atoms with Crippen molar-refractivity contribution in [3.63, 3.8) is 0 Å². The van der Waals surface area contributed by atoms with E-state index in [2.05, 4.69) is 9.88 Å². The zero-order valence-corrected chi connectivity index (χ0v) is 20.4. The summed E-state index contributed by atoms with van der Waals surface area (Å²) < 4.78 is 40.0. The molecular weight excluding hydrogens is 467 g/mol. The first-order valence-electron chi connectivity index (χ1n) is 11.9. The predicted molar refractivity (Wildman–Crippen MR) is 132 cm³/mol. The molecule has 190 valence electrons. The molecular formula is C28H30F3N3O2. The first-order valence-corrected chi connectivity index (χ1v) is 11.9. The van der Waals surface area contributed by atoms with Crippen molar-refractivity contribution in [2.75, 3.05) is 19.6 Å². The summed E-state index contributed by atoms with van der Waals surface area (Å²) in [6.07, 6.45) is -0.850. The average molecular weight is 498 g/mol. The van der Waals surface area contributed by atoms with Crippen LogP contribution in [-0.4, -0.2) is 57.7 Å². The van der Waals surface area contributed by atoms with Gasteiger partial charge in [0.2, 0.25) is 0 Å². The molecule has 1 atom stereocenters. The van der Waals surface area contributed by atoms with Crippen LogP contribution in [0.3, 0.4) is 0 Å². The Balaban J connectivity index is 1.41. The molecule has 4 rings (SSSR count). The Bertz CT molecular complexity index is 1160. The summed E-state index contributed by atoms with van der Waals surface area (Å²) in [6, 6.07) is 17.5. The van der Waals surface area contributed by atoms with Crippen LogP contribution in [0.5, 0.6) is 0 Å². The molecule has 1 aromatic heterocycles. The Morgan fingerprint density at radius 1 is 0.889 bits per heavy atom. The normalized spacial score (nSPS) is 17.8. The van der Waals surface area contributed by atoms with Gasteiger partial charge in [-0.05, 0) is 53.8 Å². The summed E-state index contributed by atoms with van der Waals surface area (Å²) in [6.45, 7) is 5.41. The molecule has 5 nitrogen and oxygen atoms in total. The van der Waals surface area contributed by atoms with E-state index in [1.54, 1.807) is 24.5 Å². The number of piperazine rings is 1. The van der Waals surface area contributed by atoms with Gasteiger partial charge in [0.15, 0.2) is 0 Å². The van der Waals surface area contributed by atoms with Crippen molar-refractivity contribution in [1.29, 1.82) is 0 Å². The molecule has 0 amide bonds. The van der Waals surface area contributed by atoms with Gasteiger partial charge in [-0.3, -0.25) is 19.6 Å². The number of pyridine rings is 1. The summed E-state index contributed by atoms with van der Waals surface area (Å²) in [7, 11) is 0. The number of hydrogen-bond donors (Lipinski definition) is 1. The van der Waals surface area contributed by atoms with Gasteiger partial charge in [0.1, 0.15) is 6.04 Å². The number of halogens is 3. The van der Waals surface area contributed by atoms with Crippen LogP contribution in [0.2, 0.25) is 0 Å². The minimum absolute atomic E-state index is 0.221. The van der Waals surface area contributed by atoms with Gasteiger partial charge >= 0.3 is 12.1 Å². The minimum Gasteiger partial charge on any atom is -0.480 e. The molecule has 2 aromatic carbocycles. The number of carbonyl (C=O) groups is 1. The molecule has 1 aliphatic heterocycles. The minimum atomic E-state index is -4.32. The fourth-order valence-corrected chi connectivity index (χ4v) is 4.47. The first kappa shape index (κ1) is 25.9. The molecule has 36 heavy (non-hydrogen) atoms. The highest BCUT2D eigenvalue weighted by atomic mass is 19.4. The molecule has 8 heteroatoms. The van der Waals surface area contributed by atoms with E-state index < -0.39 is 23.6 Å². The lowest BCUT2D eigenvalue weighted by Crippen LogP contribution is -2.55. The summed E-state index contributed by atoms with van der Waals surface area (Å²) >= 11 is 0. The highest BCUT2D eigenvalue weighted by Gasteiger charge is 2.48. The van der Waals surface area contributed by atoms with Crippen molar-refractivity contribution in [3.8, 4) is 11.1 Å². The highest BCUT2D eigenvalue weighted by molar-refractivity contribution is 5.74. The molecule has 0 aliphatic carbocycles. The van der Waals surface area contributed by atoms with Crippen LogP contribution in [0.1, 0.15) is 30.5 Å². The Hall–Kier alpha value is -3.23. The molecule has 1 aliphatic rings. The number of carboxylic acid groups (broad SMARTS) is 1. The van der Waals surface area contributed by atoms with Crippen molar-refractivity contribution in [3.05, 3.63) is 89.7 Å². The highest BCUT2D eigenvalue weighted by Crippen LogP contribution is 2.40. The van der Waals surface area contributed by atoms with Crippen LogP contribution >= 0.6 is 0 Å². The number of rotatable bonds is 7. The lowest BCUT2D eigenvalue weighted by Gasteiger charge is -2.39. The number of hydrogen-bond acceptors (Lipinski definition) is 4. The van der Waals surface area contributed by atoms with Gasteiger partial charge in [-0.1, -0.05) is 48.5 Å². The van der Waals surface area contributed by atoms with Crippen LogP contribution < -0.4 is 0 Å². The van der Waals surface area contributed by atoms with Gasteiger partial charge in [-0.15, -0.1) is 0 Å². The number of carboxylic acids is 1. The fraction of sp³-hybridized carbons (Fsp3) is 0.357. The first-order chi connectivity index (χ1) is 17.0. The number of aromatic nitrogens is 1. The second kappa shape index (κ2) is 10.4. The van der Waals surface area contributed by atoms with Crippen LogP contribution in [-0.2, 0) is 23.3 Å². The smallest absolute Gasteiger partial charge is 0.397 e. The van der Waals surface area contributed by atoms with Crippen molar-refractivity contribution in [1.82, 2.24) is 14.8 Å². The third-order valence-electron chi connectivity index (χ3n) is 7.00. The largest absolute Gasteiger partial charge is 0.480 e. The van der Waals surface area contributed by atoms with Gasteiger partial charge in [0.05, 0.1) is 5.41 Å². The number of alkyl halides is 3. The molecule has 0 unspecified atom stereocenters. The average Bonchev–Trinajstić information content (AvgIpc) is 2.85. The number of aliphatic carboxylic acids is 1. The molecule has 1 saturated heterocycles. The second-order valence-electron chi connectivity index (χ2n) is 9.81. The van der Waals surface area contributed by atoms with E-state index in [1.165, 1.54) is 26.0 Å². The van der Waals surface area contributed by atoms with E-state index in [0.717, 1.165) is 28.8 Å². The van der Waals surface area contributed by atoms with Crippen LogP contribution in [0, 0.1) is 0 Å². The maximum absolute atomic E-state index is 13.3. The van der Waals surface area contributed by atoms with Gasteiger partial charge in [0.25, 0.3) is 0 Å². The van der Waals surface area contributed by atoms with E-state index in [4.69, 9.17) is 0 Å². The van der Waals surface area contributed by atoms with Gasteiger partial charge in [-0.25, -0.2) is 0 Å². The van der Waals surface area contributed by atoms with E-state index >= 15 is 0 Å². The van der Waals surface area contributed by atoms with Crippen LogP contribution in [0.25, 0.3) is 11.1 Å². The number of nitrogens with zero attached hydrogens (tertiary/aromatic N) is 3. The lowest BCUT2D eigenvalue weighted by molar-refractivity contribution is -0.180. The SMILES string of the molecule is CC(C)(c1ccc(-c2ccc(CN3CCN(Cc4ccncc4)C[C@@H]3C(=O)O)cc2)cc1)C(F)(F)F. The van der Waals surface area contributed by atoms with Crippen molar-refractivity contribution in [2.45, 2.75) is 44.6 Å². The lowest BCUT2D eigenvalue weighted by atomic mass is 9.83. The zero-order chi connectivity index (χ0) is 25.9. The van der Waals surface area contributed by atoms with Crippen molar-refractivity contribution in [2.24, 2.45) is 0 Å². The van der Waals surface area contributed by atoms with E-state index in [-0.39, 0.29) is 5.56 Å². The number of benzene rings is 2. The summed E-state index contributed by atoms with van der Waals surface area (Å²) in [5, 5.41) is 9.84. The van der Waals surface area contributed by atoms with Crippen LogP contribution in [0.4, 0.5) is 13.2 Å². The molecule has 2 heterocycles. The fourth-order valence-electron chi connectivity index (χ4n) is 4.47. The second-order valence-corrected chi connectivity index (χ2v) is 9.81.